The minimum absolute atomic E-state index is 0.00982. The van der Waals surface area contributed by atoms with Crippen LogP contribution in [0.25, 0.3) is 0 Å². The summed E-state index contributed by atoms with van der Waals surface area (Å²) >= 11 is 0. The molecule has 1 N–H and O–H groups in total. The molecule has 14 heteroatoms. The molecule has 2 heterocycles. The maximum atomic E-state index is 14.1. The van der Waals surface area contributed by atoms with Crippen molar-refractivity contribution in [3.63, 3.8) is 0 Å². The number of carbonyl (C=O) groups excluding carboxylic acids is 5. The van der Waals surface area contributed by atoms with Crippen LogP contribution in [0.1, 0.15) is 63.3 Å². The molecule has 2 aliphatic carbocycles. The predicted molar refractivity (Wildman–Crippen MR) is 180 cm³/mol. The van der Waals surface area contributed by atoms with Gasteiger partial charge >= 0.3 is 29.8 Å². The normalized spacial score (nSPS) is 25.7. The second-order valence-corrected chi connectivity index (χ2v) is 14.0. The lowest BCUT2D eigenvalue weighted by atomic mass is 9.50. The van der Waals surface area contributed by atoms with Crippen molar-refractivity contribution in [1.29, 1.82) is 0 Å². The van der Waals surface area contributed by atoms with Crippen molar-refractivity contribution in [3.8, 4) is 11.5 Å². The number of esters is 5. The topological polar surface area (TPSA) is 173 Å². The van der Waals surface area contributed by atoms with E-state index in [1.165, 1.54) is 19.2 Å². The van der Waals surface area contributed by atoms with Gasteiger partial charge in [-0.1, -0.05) is 50.2 Å². The zero-order valence-corrected chi connectivity index (χ0v) is 29.9. The summed E-state index contributed by atoms with van der Waals surface area (Å²) in [6.45, 7) is 6.28. The molecule has 1 fully saturated rings. The molecule has 0 radical (unpaired) electrons. The Morgan fingerprint density at radius 3 is 2.25 bits per heavy atom. The number of likely N-dealkylation sites (N-methyl/N-ethyl adjacent to an activating group) is 1. The summed E-state index contributed by atoms with van der Waals surface area (Å²) in [4.78, 5) is 67.9. The average Bonchev–Trinajstić information content (AvgIpc) is 3.46. The predicted octanol–water partition coefficient (Wildman–Crippen LogP) is 2.86. The van der Waals surface area contributed by atoms with Gasteiger partial charge in [-0.05, 0) is 50.1 Å². The first-order chi connectivity index (χ1) is 24.7. The number of likely N-dealkylation sites (tertiary alicyclic amines) is 1. The minimum Gasteiger partial charge on any atom is -0.493 e. The molecule has 2 bridgehead atoms. The highest BCUT2D eigenvalue weighted by Gasteiger charge is 2.72. The highest BCUT2D eigenvalue weighted by molar-refractivity contribution is 5.91. The highest BCUT2D eigenvalue weighted by Crippen LogP contribution is 2.65. The van der Waals surface area contributed by atoms with Gasteiger partial charge in [0.2, 0.25) is 18.3 Å². The van der Waals surface area contributed by atoms with Crippen LogP contribution < -0.4 is 9.47 Å². The van der Waals surface area contributed by atoms with Crippen molar-refractivity contribution in [2.24, 2.45) is 5.92 Å². The van der Waals surface area contributed by atoms with Gasteiger partial charge in [0.05, 0.1) is 24.7 Å². The monoisotopic (exact) mass is 721 g/mol. The maximum Gasteiger partial charge on any atom is 0.357 e. The molecule has 0 amide bonds. The van der Waals surface area contributed by atoms with Crippen molar-refractivity contribution in [2.75, 3.05) is 27.3 Å². The van der Waals surface area contributed by atoms with Crippen molar-refractivity contribution < 1.29 is 62.2 Å². The highest BCUT2D eigenvalue weighted by atomic mass is 16.7. The average molecular weight is 722 g/mol. The fourth-order valence-electron chi connectivity index (χ4n) is 7.97. The summed E-state index contributed by atoms with van der Waals surface area (Å²) in [5.74, 6) is -4.71. The molecule has 1 spiro atoms. The fraction of sp³-hybridized carbons (Fsp3) is 0.500. The van der Waals surface area contributed by atoms with E-state index in [2.05, 4.69) is 4.90 Å². The van der Waals surface area contributed by atoms with Crippen molar-refractivity contribution in [1.82, 2.24) is 4.90 Å². The summed E-state index contributed by atoms with van der Waals surface area (Å²) < 4.78 is 39.5. The van der Waals surface area contributed by atoms with Crippen molar-refractivity contribution >= 4 is 29.8 Å². The number of rotatable bonds is 12. The quantitative estimate of drug-likeness (QED) is 0.250. The Hall–Kier alpha value is -4.95. The zero-order valence-electron chi connectivity index (χ0n) is 29.9. The van der Waals surface area contributed by atoms with E-state index in [0.29, 0.717) is 30.9 Å². The van der Waals surface area contributed by atoms with Crippen LogP contribution >= 0.6 is 0 Å². The molecule has 2 aromatic carbocycles. The molecular weight excluding hydrogens is 678 g/mol. The van der Waals surface area contributed by atoms with Crippen LogP contribution in [-0.2, 0) is 59.5 Å². The SMILES string of the molecule is COc1ccc2c3c1O[C@H]1C(OC(=O)[C@H](OC(C)=O)[C@@H](OC(C)=O)C(=O)O[C@H](C(=O)OCC(C)C)c4ccccc4)=CC[C@@]4(O)[C@@H](C2)N(C)CC[C@]314. The number of methoxy groups -OCH3 is 1. The van der Waals surface area contributed by atoms with Crippen LogP contribution in [0, 0.1) is 5.92 Å². The van der Waals surface area contributed by atoms with Crippen LogP contribution in [-0.4, -0.2) is 97.1 Å². The number of nitrogens with zero attached hydrogens (tertiary/aromatic N) is 1. The van der Waals surface area contributed by atoms with Crippen molar-refractivity contribution in [2.45, 2.75) is 88.4 Å². The first-order valence-electron chi connectivity index (χ1n) is 17.2. The third kappa shape index (κ3) is 6.27. The maximum absolute atomic E-state index is 14.1. The van der Waals surface area contributed by atoms with Crippen molar-refractivity contribution in [3.05, 3.63) is 71.0 Å². The number of carbonyl (C=O) groups is 5. The van der Waals surface area contributed by atoms with Gasteiger partial charge in [0, 0.05) is 37.4 Å². The first kappa shape index (κ1) is 36.8. The second-order valence-electron chi connectivity index (χ2n) is 14.0. The molecule has 2 aliphatic heterocycles. The molecular formula is C38H43NO13. The van der Waals surface area contributed by atoms with Crippen LogP contribution in [0.2, 0.25) is 0 Å². The fourth-order valence-corrected chi connectivity index (χ4v) is 7.97. The van der Waals surface area contributed by atoms with Gasteiger partial charge < -0.3 is 43.2 Å². The lowest BCUT2D eigenvalue weighted by Crippen LogP contribution is -2.74. The molecule has 0 unspecified atom stereocenters. The van der Waals surface area contributed by atoms with E-state index >= 15 is 0 Å². The summed E-state index contributed by atoms with van der Waals surface area (Å²) in [6, 6.07) is 11.5. The summed E-state index contributed by atoms with van der Waals surface area (Å²) in [6.07, 6.45) is -4.32. The lowest BCUT2D eigenvalue weighted by molar-refractivity contribution is -0.196. The third-order valence-corrected chi connectivity index (χ3v) is 10.2. The Balaban J connectivity index is 1.33. The van der Waals surface area contributed by atoms with Crippen LogP contribution in [0.15, 0.2) is 54.3 Å². The van der Waals surface area contributed by atoms with Crippen LogP contribution in [0.3, 0.4) is 0 Å². The molecule has 0 saturated carbocycles. The van der Waals surface area contributed by atoms with Crippen LogP contribution in [0.4, 0.5) is 0 Å². The minimum atomic E-state index is -2.19. The molecule has 1 saturated heterocycles. The zero-order chi connectivity index (χ0) is 37.5. The Labute approximate surface area is 300 Å². The van der Waals surface area contributed by atoms with Gasteiger partial charge in [-0.2, -0.15) is 0 Å². The Morgan fingerprint density at radius 1 is 0.942 bits per heavy atom. The van der Waals surface area contributed by atoms with E-state index in [1.54, 1.807) is 30.3 Å². The van der Waals surface area contributed by atoms with Gasteiger partial charge in [0.25, 0.3) is 0 Å². The Bertz CT molecular complexity index is 1790. The van der Waals surface area contributed by atoms with E-state index in [9.17, 15) is 29.1 Å². The van der Waals surface area contributed by atoms with E-state index in [0.717, 1.165) is 25.0 Å². The number of piperidine rings is 1. The second kappa shape index (κ2) is 14.2. The Kier molecular flexibility index (Phi) is 10.1. The standard InChI is InChI=1S/C38H43NO13/c1-20(2)19-47-34(42)29(23-10-8-7-9-11-23)52-36(44)32(49-22(4)41)31(48-21(3)40)35(43)50-26-14-15-38(45)27-18-24-12-13-25(46-6)30-28(24)37(38,33(26)51-30)16-17-39(27)5/h7-14,20,27,29,31-33,45H,15-19H2,1-6H3/t27-,29+,31-,32-,33+,37+,38-/m1/s1. The number of ether oxygens (including phenoxy) is 7. The molecule has 52 heavy (non-hydrogen) atoms. The molecule has 7 atom stereocenters. The van der Waals surface area contributed by atoms with Crippen LogP contribution in [0.5, 0.6) is 11.5 Å². The smallest absolute Gasteiger partial charge is 0.357 e. The molecule has 14 nitrogen and oxygen atoms in total. The largest absolute Gasteiger partial charge is 0.493 e. The first-order valence-corrected chi connectivity index (χ1v) is 17.2. The number of benzene rings is 2. The summed E-state index contributed by atoms with van der Waals surface area (Å²) in [7, 11) is 3.47. The van der Waals surface area contributed by atoms with Gasteiger partial charge in [0.15, 0.2) is 17.6 Å². The third-order valence-electron chi connectivity index (χ3n) is 10.2. The molecule has 4 aliphatic rings. The van der Waals surface area contributed by atoms with E-state index in [1.807, 2.05) is 27.0 Å². The van der Waals surface area contributed by atoms with Gasteiger partial charge in [-0.15, -0.1) is 0 Å². The van der Waals surface area contributed by atoms with E-state index in [4.69, 9.17) is 33.2 Å². The number of hydrogen-bond acceptors (Lipinski definition) is 14. The van der Waals surface area contributed by atoms with Gasteiger partial charge in [0.1, 0.15) is 5.76 Å². The Morgan fingerprint density at radius 2 is 1.62 bits per heavy atom. The number of aliphatic hydroxyl groups is 1. The van der Waals surface area contributed by atoms with Gasteiger partial charge in [-0.3, -0.25) is 9.59 Å². The molecule has 6 rings (SSSR count). The van der Waals surface area contributed by atoms with Gasteiger partial charge in [-0.25, -0.2) is 14.4 Å². The molecule has 0 aromatic heterocycles. The number of hydrogen-bond donors (Lipinski definition) is 1. The molecule has 2 aromatic rings. The molecule has 278 valence electrons. The summed E-state index contributed by atoms with van der Waals surface area (Å²) in [5, 5.41) is 12.5. The summed E-state index contributed by atoms with van der Waals surface area (Å²) in [5.41, 5.74) is -0.326. The lowest BCUT2D eigenvalue weighted by Gasteiger charge is -2.61. The van der Waals surface area contributed by atoms with E-state index in [-0.39, 0.29) is 36.3 Å². The van der Waals surface area contributed by atoms with E-state index < -0.39 is 65.3 Å².